The summed E-state index contributed by atoms with van der Waals surface area (Å²) in [6.07, 6.45) is 1.13. The second-order valence-electron chi connectivity index (χ2n) is 7.39. The van der Waals surface area contributed by atoms with Crippen LogP contribution in [0.2, 0.25) is 0 Å². The zero-order valence-corrected chi connectivity index (χ0v) is 18.7. The number of thioether (sulfide) groups is 1. The van der Waals surface area contributed by atoms with Crippen molar-refractivity contribution in [3.8, 4) is 0 Å². The van der Waals surface area contributed by atoms with Gasteiger partial charge in [0.15, 0.2) is 0 Å². The van der Waals surface area contributed by atoms with Gasteiger partial charge < -0.3 is 9.47 Å². The largest absolute Gasteiger partial charge is 0.463 e. The minimum atomic E-state index is -0.879. The molecule has 0 spiro atoms. The second-order valence-corrected chi connectivity index (χ2v) is 8.50. The van der Waals surface area contributed by atoms with E-state index in [0.29, 0.717) is 5.57 Å². The summed E-state index contributed by atoms with van der Waals surface area (Å²) in [5.41, 5.74) is 1.51. The van der Waals surface area contributed by atoms with Gasteiger partial charge in [-0.15, -0.1) is 0 Å². The molecule has 1 aromatic rings. The zero-order chi connectivity index (χ0) is 21.6. The SMILES string of the molecule is CCOC(=O)C1=C(Sc2ccc(C)cc2)[C@@H](OC(CC)CC)[C@H](C)C([N+](=O)[O-])C1. The quantitative estimate of drug-likeness (QED) is 0.311. The summed E-state index contributed by atoms with van der Waals surface area (Å²) in [5.74, 6) is -0.837. The Bertz CT molecular complexity index is 742. The third-order valence-corrected chi connectivity index (χ3v) is 6.55. The van der Waals surface area contributed by atoms with E-state index in [1.165, 1.54) is 11.8 Å². The fourth-order valence-corrected chi connectivity index (χ4v) is 4.71. The molecule has 1 aliphatic carbocycles. The number of benzene rings is 1. The van der Waals surface area contributed by atoms with Gasteiger partial charge in [0.1, 0.15) is 0 Å². The molecule has 0 heterocycles. The van der Waals surface area contributed by atoms with E-state index in [0.717, 1.165) is 28.2 Å². The molecular weight excluding hydrogens is 390 g/mol. The van der Waals surface area contributed by atoms with Crippen LogP contribution in [0.1, 0.15) is 52.5 Å². The molecule has 29 heavy (non-hydrogen) atoms. The van der Waals surface area contributed by atoms with Crippen molar-refractivity contribution in [2.75, 3.05) is 6.61 Å². The molecule has 0 radical (unpaired) electrons. The Morgan fingerprint density at radius 1 is 1.24 bits per heavy atom. The average molecular weight is 422 g/mol. The van der Waals surface area contributed by atoms with Crippen LogP contribution in [-0.4, -0.2) is 35.7 Å². The lowest BCUT2D eigenvalue weighted by Crippen LogP contribution is -2.44. The first-order valence-electron chi connectivity index (χ1n) is 10.3. The molecule has 7 heteroatoms. The summed E-state index contributed by atoms with van der Waals surface area (Å²) in [6.45, 7) is 9.89. The van der Waals surface area contributed by atoms with E-state index in [4.69, 9.17) is 9.47 Å². The summed E-state index contributed by atoms with van der Waals surface area (Å²) in [5, 5.41) is 11.7. The molecule has 0 amide bonds. The van der Waals surface area contributed by atoms with Gasteiger partial charge in [0.25, 0.3) is 0 Å². The lowest BCUT2D eigenvalue weighted by Gasteiger charge is -2.36. The highest BCUT2D eigenvalue weighted by atomic mass is 32.2. The van der Waals surface area contributed by atoms with Gasteiger partial charge >= 0.3 is 5.97 Å². The predicted molar refractivity (Wildman–Crippen MR) is 115 cm³/mol. The number of hydrogen-bond acceptors (Lipinski definition) is 6. The van der Waals surface area contributed by atoms with Crippen LogP contribution in [0.3, 0.4) is 0 Å². The normalized spacial score (nSPS) is 22.1. The number of ether oxygens (including phenoxy) is 2. The molecule has 1 unspecified atom stereocenters. The molecule has 160 valence electrons. The van der Waals surface area contributed by atoms with Crippen molar-refractivity contribution in [1.29, 1.82) is 0 Å². The summed E-state index contributed by atoms with van der Waals surface area (Å²) >= 11 is 1.46. The van der Waals surface area contributed by atoms with Crippen LogP contribution in [0.15, 0.2) is 39.6 Å². The molecule has 0 fully saturated rings. The molecule has 3 atom stereocenters. The molecule has 0 aliphatic heterocycles. The molecule has 0 N–H and O–H groups in total. The van der Waals surface area contributed by atoms with E-state index >= 15 is 0 Å². The van der Waals surface area contributed by atoms with Crippen molar-refractivity contribution in [3.05, 3.63) is 50.4 Å². The highest BCUT2D eigenvalue weighted by molar-refractivity contribution is 8.03. The van der Waals surface area contributed by atoms with Crippen LogP contribution in [0.25, 0.3) is 0 Å². The number of rotatable bonds is 9. The van der Waals surface area contributed by atoms with E-state index < -0.39 is 18.1 Å². The van der Waals surface area contributed by atoms with Gasteiger partial charge in [-0.2, -0.15) is 0 Å². The topological polar surface area (TPSA) is 78.7 Å². The fourth-order valence-electron chi connectivity index (χ4n) is 3.50. The molecule has 1 aliphatic rings. The molecule has 0 saturated carbocycles. The van der Waals surface area contributed by atoms with E-state index in [1.54, 1.807) is 6.92 Å². The molecule has 0 bridgehead atoms. The molecule has 0 aromatic heterocycles. The summed E-state index contributed by atoms with van der Waals surface area (Å²) < 4.78 is 11.6. The van der Waals surface area contributed by atoms with Gasteiger partial charge in [0, 0.05) is 21.1 Å². The Balaban J connectivity index is 2.54. The van der Waals surface area contributed by atoms with Crippen LogP contribution >= 0.6 is 11.8 Å². The van der Waals surface area contributed by atoms with Crippen LogP contribution in [-0.2, 0) is 14.3 Å². The average Bonchev–Trinajstić information content (AvgIpc) is 2.69. The van der Waals surface area contributed by atoms with Crippen LogP contribution in [0.4, 0.5) is 0 Å². The van der Waals surface area contributed by atoms with E-state index in [2.05, 4.69) is 0 Å². The van der Waals surface area contributed by atoms with E-state index in [1.807, 2.05) is 52.0 Å². The Hall–Kier alpha value is -1.86. The predicted octanol–water partition coefficient (Wildman–Crippen LogP) is 5.16. The first-order valence-corrected chi connectivity index (χ1v) is 11.1. The van der Waals surface area contributed by atoms with Crippen molar-refractivity contribution in [2.45, 2.75) is 77.0 Å². The molecule has 2 rings (SSSR count). The maximum Gasteiger partial charge on any atom is 0.335 e. The van der Waals surface area contributed by atoms with Crippen molar-refractivity contribution in [2.24, 2.45) is 5.92 Å². The summed E-state index contributed by atoms with van der Waals surface area (Å²) in [4.78, 5) is 25.9. The minimum Gasteiger partial charge on any atom is -0.463 e. The number of esters is 1. The van der Waals surface area contributed by atoms with Gasteiger partial charge in [-0.3, -0.25) is 10.1 Å². The third kappa shape index (κ3) is 5.82. The first kappa shape index (κ1) is 23.4. The van der Waals surface area contributed by atoms with Gasteiger partial charge in [-0.25, -0.2) is 4.79 Å². The van der Waals surface area contributed by atoms with Gasteiger partial charge in [0.2, 0.25) is 6.04 Å². The van der Waals surface area contributed by atoms with Gasteiger partial charge in [-0.05, 0) is 38.8 Å². The maximum atomic E-state index is 12.7. The van der Waals surface area contributed by atoms with Crippen LogP contribution in [0.5, 0.6) is 0 Å². The van der Waals surface area contributed by atoms with Crippen LogP contribution < -0.4 is 0 Å². The number of aryl methyl sites for hydroxylation is 1. The number of carbonyl (C=O) groups excluding carboxylic acids is 1. The molecule has 0 saturated heterocycles. The van der Waals surface area contributed by atoms with Gasteiger partial charge in [0.05, 0.1) is 30.3 Å². The highest BCUT2D eigenvalue weighted by Gasteiger charge is 2.46. The number of nitro groups is 1. The van der Waals surface area contributed by atoms with Crippen molar-refractivity contribution in [1.82, 2.24) is 0 Å². The maximum absolute atomic E-state index is 12.7. The monoisotopic (exact) mass is 421 g/mol. The highest BCUT2D eigenvalue weighted by Crippen LogP contribution is 2.43. The third-order valence-electron chi connectivity index (χ3n) is 5.34. The first-order chi connectivity index (χ1) is 13.8. The summed E-state index contributed by atoms with van der Waals surface area (Å²) in [6, 6.07) is 7.13. The molecule has 6 nitrogen and oxygen atoms in total. The lowest BCUT2D eigenvalue weighted by molar-refractivity contribution is -0.534. The number of hydrogen-bond donors (Lipinski definition) is 0. The lowest BCUT2D eigenvalue weighted by atomic mass is 9.83. The Morgan fingerprint density at radius 3 is 2.38 bits per heavy atom. The molecule has 1 aromatic carbocycles. The van der Waals surface area contributed by atoms with Crippen molar-refractivity contribution in [3.63, 3.8) is 0 Å². The van der Waals surface area contributed by atoms with Gasteiger partial charge in [-0.1, -0.05) is 50.2 Å². The smallest absolute Gasteiger partial charge is 0.335 e. The summed E-state index contributed by atoms with van der Waals surface area (Å²) in [7, 11) is 0. The number of nitrogens with zero attached hydrogens (tertiary/aromatic N) is 1. The standard InChI is InChI=1S/C22H31NO5S/c1-6-16(7-2)28-20-15(5)19(23(25)26)13-18(22(24)27-8-3)21(20)29-17-11-9-14(4)10-12-17/h9-12,15-16,19-20H,6-8,13H2,1-5H3/t15-,19?,20+/m1/s1. The Labute approximate surface area is 177 Å². The van der Waals surface area contributed by atoms with Crippen molar-refractivity contribution < 1.29 is 19.2 Å². The van der Waals surface area contributed by atoms with E-state index in [9.17, 15) is 14.9 Å². The zero-order valence-electron chi connectivity index (χ0n) is 17.8. The Kier molecular flexibility index (Phi) is 8.71. The van der Waals surface area contributed by atoms with Crippen molar-refractivity contribution >= 4 is 17.7 Å². The Morgan fingerprint density at radius 2 is 1.86 bits per heavy atom. The second kappa shape index (κ2) is 10.8. The van der Waals surface area contributed by atoms with Crippen LogP contribution in [0, 0.1) is 23.0 Å². The fraction of sp³-hybridized carbons (Fsp3) is 0.591. The number of carbonyl (C=O) groups is 1. The molecular formula is C22H31NO5S. The minimum absolute atomic E-state index is 0.0231. The van der Waals surface area contributed by atoms with E-state index in [-0.39, 0.29) is 30.0 Å².